The van der Waals surface area contributed by atoms with Gasteiger partial charge in [-0.25, -0.2) is 0 Å². The smallest absolute Gasteiger partial charge is 0.267 e. The minimum atomic E-state index is -0.252. The predicted octanol–water partition coefficient (Wildman–Crippen LogP) is 3.00. The van der Waals surface area contributed by atoms with Crippen LogP contribution in [0.3, 0.4) is 0 Å². The highest BCUT2D eigenvalue weighted by Crippen LogP contribution is 2.16. The first kappa shape index (κ1) is 17.9. The molecule has 0 aliphatic heterocycles. The molecule has 2 aromatic carbocycles. The molecule has 0 aliphatic rings. The average Bonchev–Trinajstić information content (AvgIpc) is 2.95. The fraction of sp³-hybridized carbons (Fsp3) is 0.0500. The molecule has 0 atom stereocenters. The Morgan fingerprint density at radius 1 is 1.12 bits per heavy atom. The molecule has 0 aliphatic carbocycles. The molecule has 1 heterocycles. The summed E-state index contributed by atoms with van der Waals surface area (Å²) < 4.78 is 3.11. The monoisotopic (exact) mass is 421 g/mol. The lowest BCUT2D eigenvalue weighted by atomic mass is 10.2. The average molecular weight is 422 g/mol. The molecule has 0 spiro atoms. The Morgan fingerprint density at radius 2 is 1.77 bits per heavy atom. The lowest BCUT2D eigenvalue weighted by Crippen LogP contribution is -2.31. The van der Waals surface area contributed by atoms with Crippen LogP contribution in [0.5, 0.6) is 0 Å². The summed E-state index contributed by atoms with van der Waals surface area (Å²) in [6.45, 7) is 1.89. The second-order valence-corrected chi connectivity index (χ2v) is 7.35. The van der Waals surface area contributed by atoms with Gasteiger partial charge in [0.25, 0.3) is 5.56 Å². The molecule has 0 bridgehead atoms. The summed E-state index contributed by atoms with van der Waals surface area (Å²) in [6, 6.07) is 18.7. The van der Waals surface area contributed by atoms with Crippen LogP contribution in [0.15, 0.2) is 57.8 Å². The number of nitrogens with zero attached hydrogens (tertiary/aromatic N) is 3. The maximum absolute atomic E-state index is 13.1. The first-order valence-corrected chi connectivity index (χ1v) is 9.26. The van der Waals surface area contributed by atoms with Crippen LogP contribution in [0.25, 0.3) is 17.3 Å². The minimum Gasteiger partial charge on any atom is -0.267 e. The van der Waals surface area contributed by atoms with E-state index in [0.29, 0.717) is 14.9 Å². The zero-order valence-corrected chi connectivity index (χ0v) is 16.1. The molecule has 0 saturated carbocycles. The van der Waals surface area contributed by atoms with E-state index in [9.17, 15) is 15.3 Å². The first-order chi connectivity index (χ1) is 12.6. The third kappa shape index (κ3) is 3.25. The highest BCUT2D eigenvalue weighted by molar-refractivity contribution is 9.10. The van der Waals surface area contributed by atoms with Gasteiger partial charge in [-0.2, -0.15) is 10.5 Å². The minimum absolute atomic E-state index is 0.0814. The molecule has 0 saturated heterocycles. The van der Waals surface area contributed by atoms with Crippen LogP contribution >= 0.6 is 27.3 Å². The van der Waals surface area contributed by atoms with Crippen molar-refractivity contribution in [2.75, 3.05) is 0 Å². The van der Waals surface area contributed by atoms with Crippen molar-refractivity contribution in [3.8, 4) is 17.8 Å². The Kier molecular flexibility index (Phi) is 5.18. The van der Waals surface area contributed by atoms with E-state index in [4.69, 9.17) is 0 Å². The third-order valence-corrected chi connectivity index (χ3v) is 5.62. The molecular weight excluding hydrogens is 410 g/mol. The van der Waals surface area contributed by atoms with Crippen LogP contribution in [0.2, 0.25) is 0 Å². The van der Waals surface area contributed by atoms with Gasteiger partial charge in [-0.05, 0) is 36.3 Å². The van der Waals surface area contributed by atoms with Crippen molar-refractivity contribution in [3.05, 3.63) is 83.7 Å². The Hall–Kier alpha value is -2.93. The summed E-state index contributed by atoms with van der Waals surface area (Å²) in [5.41, 5.74) is 2.07. The van der Waals surface area contributed by atoms with Gasteiger partial charge in [-0.1, -0.05) is 52.3 Å². The zero-order valence-electron chi connectivity index (χ0n) is 13.7. The maximum Gasteiger partial charge on any atom is 0.273 e. The van der Waals surface area contributed by atoms with Crippen molar-refractivity contribution in [2.24, 2.45) is 0 Å². The quantitative estimate of drug-likeness (QED) is 0.638. The third-order valence-electron chi connectivity index (χ3n) is 3.81. The molecule has 0 fully saturated rings. The van der Waals surface area contributed by atoms with Crippen LogP contribution in [-0.4, -0.2) is 4.57 Å². The molecule has 3 rings (SSSR count). The Morgan fingerprint density at radius 3 is 2.42 bits per heavy atom. The topological polar surface area (TPSA) is 69.6 Å². The standard InChI is InChI=1S/C20H12BrN3OS/c1-13-6-2-5-9-17(13)24-19(25)18(26-20(24)15(11-22)12-23)10-14-7-3-4-8-16(14)21/h2-10H,1H3/b18-10-. The van der Waals surface area contributed by atoms with Gasteiger partial charge >= 0.3 is 0 Å². The number of thiazole rings is 1. The summed E-state index contributed by atoms with van der Waals surface area (Å²) in [5.74, 6) is 0. The number of halogens is 1. The Balaban J connectivity index is 2.46. The summed E-state index contributed by atoms with van der Waals surface area (Å²) in [4.78, 5) is 13.1. The second-order valence-electron chi connectivity index (χ2n) is 5.46. The van der Waals surface area contributed by atoms with Gasteiger partial charge < -0.3 is 0 Å². The molecule has 26 heavy (non-hydrogen) atoms. The molecule has 0 N–H and O–H groups in total. The molecule has 6 heteroatoms. The molecule has 3 aromatic rings. The van der Waals surface area contributed by atoms with E-state index in [2.05, 4.69) is 15.9 Å². The molecule has 0 amide bonds. The number of hydrogen-bond donors (Lipinski definition) is 0. The predicted molar refractivity (Wildman–Crippen MR) is 106 cm³/mol. The van der Waals surface area contributed by atoms with Crippen LogP contribution in [-0.2, 0) is 0 Å². The lowest BCUT2D eigenvalue weighted by molar-refractivity contribution is 0.975. The Labute approximate surface area is 162 Å². The van der Waals surface area contributed by atoms with Crippen LogP contribution in [0.1, 0.15) is 11.1 Å². The summed E-state index contributed by atoms with van der Waals surface area (Å²) in [5, 5.41) is 18.6. The van der Waals surface area contributed by atoms with Gasteiger partial charge in [0.2, 0.25) is 0 Å². The van der Waals surface area contributed by atoms with Crippen molar-refractivity contribution in [1.29, 1.82) is 10.5 Å². The van der Waals surface area contributed by atoms with E-state index in [1.54, 1.807) is 6.08 Å². The number of benzene rings is 2. The normalized spacial score (nSPS) is 11.0. The van der Waals surface area contributed by atoms with Gasteiger partial charge in [0.05, 0.1) is 10.2 Å². The summed E-state index contributed by atoms with van der Waals surface area (Å²) in [7, 11) is 0. The second kappa shape index (κ2) is 7.53. The van der Waals surface area contributed by atoms with Crippen LogP contribution < -0.4 is 14.8 Å². The van der Waals surface area contributed by atoms with Gasteiger partial charge in [0, 0.05) is 4.47 Å². The van der Waals surface area contributed by atoms with Gasteiger partial charge in [0.1, 0.15) is 16.8 Å². The molecule has 126 valence electrons. The summed E-state index contributed by atoms with van der Waals surface area (Å²) in [6.07, 6.45) is 1.77. The highest BCUT2D eigenvalue weighted by atomic mass is 79.9. The molecule has 0 radical (unpaired) electrons. The van der Waals surface area contributed by atoms with Crippen molar-refractivity contribution < 1.29 is 0 Å². The van der Waals surface area contributed by atoms with Gasteiger partial charge in [0.15, 0.2) is 5.57 Å². The van der Waals surface area contributed by atoms with E-state index in [1.807, 2.05) is 67.6 Å². The number of nitriles is 2. The van der Waals surface area contributed by atoms with Crippen molar-refractivity contribution in [1.82, 2.24) is 4.57 Å². The molecule has 4 nitrogen and oxygen atoms in total. The van der Waals surface area contributed by atoms with E-state index in [-0.39, 0.29) is 11.1 Å². The van der Waals surface area contributed by atoms with Crippen molar-refractivity contribution >= 4 is 38.9 Å². The Bertz CT molecular complexity index is 1240. The van der Waals surface area contributed by atoms with E-state index in [1.165, 1.54) is 4.57 Å². The van der Waals surface area contributed by atoms with Crippen molar-refractivity contribution in [2.45, 2.75) is 6.92 Å². The SMILES string of the molecule is Cc1ccccc1-n1c(=C(C#N)C#N)s/c(=C\c2ccccc2Br)c1=O. The fourth-order valence-corrected chi connectivity index (χ4v) is 3.97. The molecular formula is C20H12BrN3OS. The van der Waals surface area contributed by atoms with Gasteiger partial charge in [-0.3, -0.25) is 9.36 Å². The number of para-hydroxylation sites is 1. The zero-order chi connectivity index (χ0) is 18.7. The lowest BCUT2D eigenvalue weighted by Gasteiger charge is -2.05. The fourth-order valence-electron chi connectivity index (χ4n) is 2.54. The molecule has 0 unspecified atom stereocenters. The van der Waals surface area contributed by atoms with Gasteiger partial charge in [-0.15, -0.1) is 11.3 Å². The van der Waals surface area contributed by atoms with Crippen LogP contribution in [0.4, 0.5) is 0 Å². The highest BCUT2D eigenvalue weighted by Gasteiger charge is 2.12. The van der Waals surface area contributed by atoms with E-state index < -0.39 is 0 Å². The largest absolute Gasteiger partial charge is 0.273 e. The molecule has 1 aromatic heterocycles. The first-order valence-electron chi connectivity index (χ1n) is 7.65. The maximum atomic E-state index is 13.1. The van der Waals surface area contributed by atoms with E-state index in [0.717, 1.165) is 26.9 Å². The summed E-state index contributed by atoms with van der Waals surface area (Å²) >= 11 is 4.61. The van der Waals surface area contributed by atoms with Crippen LogP contribution in [0, 0.1) is 29.6 Å². The number of rotatable bonds is 2. The van der Waals surface area contributed by atoms with Crippen molar-refractivity contribution in [3.63, 3.8) is 0 Å². The number of hydrogen-bond acceptors (Lipinski definition) is 4. The number of aryl methyl sites for hydroxylation is 1. The van der Waals surface area contributed by atoms with E-state index >= 15 is 0 Å². The number of aromatic nitrogens is 1.